The molecule has 0 fully saturated rings. The molecular formula is C15H14N2O4. The van der Waals surface area contributed by atoms with E-state index in [1.807, 2.05) is 0 Å². The van der Waals surface area contributed by atoms with E-state index in [0.717, 1.165) is 0 Å². The molecule has 4 N–H and O–H groups in total. The molecule has 0 heterocycles. The molecule has 6 heteroatoms. The normalized spacial score (nSPS) is 12.2. The number of aliphatic hydroxyl groups is 1. The maximum Gasteiger partial charge on any atom is 0.273 e. The van der Waals surface area contributed by atoms with Crippen molar-refractivity contribution in [3.8, 4) is 11.5 Å². The van der Waals surface area contributed by atoms with Crippen molar-refractivity contribution in [2.75, 3.05) is 0 Å². The molecule has 1 amide bonds. The fourth-order valence-electron chi connectivity index (χ4n) is 1.64. The first-order chi connectivity index (χ1) is 10.1. The van der Waals surface area contributed by atoms with Gasteiger partial charge < -0.3 is 15.3 Å². The third-order valence-corrected chi connectivity index (χ3v) is 2.75. The van der Waals surface area contributed by atoms with E-state index < -0.39 is 12.0 Å². The highest BCUT2D eigenvalue weighted by molar-refractivity contribution is 5.85. The summed E-state index contributed by atoms with van der Waals surface area (Å²) in [7, 11) is 0. The van der Waals surface area contributed by atoms with Crippen molar-refractivity contribution in [1.29, 1.82) is 0 Å². The molecule has 0 aliphatic rings. The largest absolute Gasteiger partial charge is 0.504 e. The lowest BCUT2D eigenvalue weighted by Crippen LogP contribution is -2.25. The monoisotopic (exact) mass is 286 g/mol. The SMILES string of the molecule is O=C(N/N=C/c1ccc(O)c(O)c1)C(O)c1ccccc1. The van der Waals surface area contributed by atoms with E-state index in [4.69, 9.17) is 5.11 Å². The molecule has 2 aromatic carbocycles. The summed E-state index contributed by atoms with van der Waals surface area (Å²) in [5.74, 6) is -1.19. The standard InChI is InChI=1S/C15H14N2O4/c18-12-7-6-10(8-13(12)19)9-16-17-15(21)14(20)11-4-2-1-3-5-11/h1-9,14,18-20H,(H,17,21)/b16-9+. The summed E-state index contributed by atoms with van der Waals surface area (Å²) >= 11 is 0. The fourth-order valence-corrected chi connectivity index (χ4v) is 1.64. The van der Waals surface area contributed by atoms with Gasteiger partial charge in [-0.3, -0.25) is 4.79 Å². The van der Waals surface area contributed by atoms with Crippen molar-refractivity contribution in [3.63, 3.8) is 0 Å². The molecule has 2 aromatic rings. The average molecular weight is 286 g/mol. The molecule has 0 bridgehead atoms. The van der Waals surface area contributed by atoms with Gasteiger partial charge in [-0.25, -0.2) is 5.43 Å². The zero-order chi connectivity index (χ0) is 15.2. The topological polar surface area (TPSA) is 102 Å². The van der Waals surface area contributed by atoms with Crippen LogP contribution in [0.3, 0.4) is 0 Å². The second-order valence-electron chi connectivity index (χ2n) is 4.30. The first-order valence-corrected chi connectivity index (χ1v) is 6.16. The number of phenolic OH excluding ortho intramolecular Hbond substituents is 2. The van der Waals surface area contributed by atoms with Crippen LogP contribution in [-0.2, 0) is 4.79 Å². The minimum atomic E-state index is -1.31. The van der Waals surface area contributed by atoms with Crippen LogP contribution in [0.5, 0.6) is 11.5 Å². The Balaban J connectivity index is 1.97. The molecule has 0 aliphatic heterocycles. The van der Waals surface area contributed by atoms with Gasteiger partial charge in [-0.1, -0.05) is 30.3 Å². The Hall–Kier alpha value is -2.86. The van der Waals surface area contributed by atoms with Gasteiger partial charge in [-0.05, 0) is 29.3 Å². The Bertz CT molecular complexity index is 656. The van der Waals surface area contributed by atoms with Crippen LogP contribution in [0.4, 0.5) is 0 Å². The summed E-state index contributed by atoms with van der Waals surface area (Å²) in [6.07, 6.45) is -0.0222. The maximum atomic E-state index is 11.7. The summed E-state index contributed by atoms with van der Waals surface area (Å²) in [4.78, 5) is 11.7. The van der Waals surface area contributed by atoms with Crippen LogP contribution in [-0.4, -0.2) is 27.4 Å². The van der Waals surface area contributed by atoms with Crippen LogP contribution in [0.1, 0.15) is 17.2 Å². The van der Waals surface area contributed by atoms with Gasteiger partial charge in [0.2, 0.25) is 0 Å². The molecule has 0 aliphatic carbocycles. The molecule has 0 saturated heterocycles. The quantitative estimate of drug-likeness (QED) is 0.386. The van der Waals surface area contributed by atoms with Crippen molar-refractivity contribution >= 4 is 12.1 Å². The number of nitrogens with zero attached hydrogens (tertiary/aromatic N) is 1. The van der Waals surface area contributed by atoms with Gasteiger partial charge in [-0.2, -0.15) is 5.10 Å². The number of hydrogen-bond acceptors (Lipinski definition) is 5. The lowest BCUT2D eigenvalue weighted by molar-refractivity contribution is -0.129. The summed E-state index contributed by atoms with van der Waals surface area (Å²) in [5, 5.41) is 32.0. The van der Waals surface area contributed by atoms with Crippen LogP contribution in [0, 0.1) is 0 Å². The Morgan fingerprint density at radius 2 is 1.81 bits per heavy atom. The molecule has 21 heavy (non-hydrogen) atoms. The predicted octanol–water partition coefficient (Wildman–Crippen LogP) is 1.28. The van der Waals surface area contributed by atoms with E-state index in [0.29, 0.717) is 11.1 Å². The highest BCUT2D eigenvalue weighted by Gasteiger charge is 2.15. The zero-order valence-corrected chi connectivity index (χ0v) is 11.0. The molecule has 0 saturated carbocycles. The number of hydrazone groups is 1. The second-order valence-corrected chi connectivity index (χ2v) is 4.30. The number of carbonyl (C=O) groups excluding carboxylic acids is 1. The van der Waals surface area contributed by atoms with Crippen LogP contribution in [0.2, 0.25) is 0 Å². The lowest BCUT2D eigenvalue weighted by Gasteiger charge is -2.08. The van der Waals surface area contributed by atoms with Crippen molar-refractivity contribution in [1.82, 2.24) is 5.43 Å². The third-order valence-electron chi connectivity index (χ3n) is 2.75. The highest BCUT2D eigenvalue weighted by Crippen LogP contribution is 2.23. The number of hydrogen-bond donors (Lipinski definition) is 4. The van der Waals surface area contributed by atoms with Gasteiger partial charge in [-0.15, -0.1) is 0 Å². The average Bonchev–Trinajstić information content (AvgIpc) is 2.51. The van der Waals surface area contributed by atoms with E-state index in [-0.39, 0.29) is 11.5 Å². The Morgan fingerprint density at radius 1 is 1.10 bits per heavy atom. The van der Waals surface area contributed by atoms with E-state index in [1.165, 1.54) is 24.4 Å². The zero-order valence-electron chi connectivity index (χ0n) is 11.0. The number of carbonyl (C=O) groups is 1. The number of aromatic hydroxyl groups is 2. The first-order valence-electron chi connectivity index (χ1n) is 6.16. The van der Waals surface area contributed by atoms with E-state index in [1.54, 1.807) is 30.3 Å². The molecule has 2 rings (SSSR count). The Labute approximate surface area is 121 Å². The fraction of sp³-hybridized carbons (Fsp3) is 0.0667. The Morgan fingerprint density at radius 3 is 2.48 bits per heavy atom. The summed E-state index contributed by atoms with van der Waals surface area (Å²) < 4.78 is 0. The summed E-state index contributed by atoms with van der Waals surface area (Å²) in [5.41, 5.74) is 3.15. The number of nitrogens with one attached hydrogen (secondary N) is 1. The van der Waals surface area contributed by atoms with Gasteiger partial charge in [0.25, 0.3) is 5.91 Å². The molecule has 1 unspecified atom stereocenters. The third kappa shape index (κ3) is 3.80. The number of benzene rings is 2. The van der Waals surface area contributed by atoms with Gasteiger partial charge in [0.1, 0.15) is 0 Å². The number of aliphatic hydroxyl groups excluding tert-OH is 1. The van der Waals surface area contributed by atoms with Crippen molar-refractivity contribution in [2.24, 2.45) is 5.10 Å². The van der Waals surface area contributed by atoms with Crippen LogP contribution >= 0.6 is 0 Å². The molecule has 1 atom stereocenters. The second kappa shape index (κ2) is 6.53. The lowest BCUT2D eigenvalue weighted by atomic mass is 10.1. The van der Waals surface area contributed by atoms with Crippen LogP contribution in [0.15, 0.2) is 53.6 Å². The molecule has 0 aromatic heterocycles. The van der Waals surface area contributed by atoms with Crippen LogP contribution < -0.4 is 5.43 Å². The smallest absolute Gasteiger partial charge is 0.273 e. The molecule has 0 radical (unpaired) electrons. The van der Waals surface area contributed by atoms with E-state index in [2.05, 4.69) is 10.5 Å². The van der Waals surface area contributed by atoms with Gasteiger partial charge in [0, 0.05) is 0 Å². The summed E-state index contributed by atoms with van der Waals surface area (Å²) in [6, 6.07) is 12.6. The minimum Gasteiger partial charge on any atom is -0.504 e. The number of amides is 1. The maximum absolute atomic E-state index is 11.7. The van der Waals surface area contributed by atoms with E-state index in [9.17, 15) is 15.0 Å². The molecule has 108 valence electrons. The van der Waals surface area contributed by atoms with E-state index >= 15 is 0 Å². The van der Waals surface area contributed by atoms with Gasteiger partial charge in [0.15, 0.2) is 17.6 Å². The molecular weight excluding hydrogens is 272 g/mol. The van der Waals surface area contributed by atoms with Crippen molar-refractivity contribution in [2.45, 2.75) is 6.10 Å². The number of phenols is 2. The van der Waals surface area contributed by atoms with Gasteiger partial charge >= 0.3 is 0 Å². The van der Waals surface area contributed by atoms with Crippen molar-refractivity contribution < 1.29 is 20.1 Å². The number of rotatable bonds is 4. The predicted molar refractivity (Wildman–Crippen MR) is 76.9 cm³/mol. The molecule has 6 nitrogen and oxygen atoms in total. The minimum absolute atomic E-state index is 0.240. The van der Waals surface area contributed by atoms with Gasteiger partial charge in [0.05, 0.1) is 6.21 Å². The Kier molecular flexibility index (Phi) is 4.53. The van der Waals surface area contributed by atoms with Crippen LogP contribution in [0.25, 0.3) is 0 Å². The summed E-state index contributed by atoms with van der Waals surface area (Å²) in [6.45, 7) is 0. The molecule has 0 spiro atoms. The highest BCUT2D eigenvalue weighted by atomic mass is 16.3. The first kappa shape index (κ1) is 14.5. The van der Waals surface area contributed by atoms with Crippen molar-refractivity contribution in [3.05, 3.63) is 59.7 Å².